The van der Waals surface area contributed by atoms with E-state index < -0.39 is 17.5 Å². The molecule has 1 N–H and O–H groups in total. The van der Waals surface area contributed by atoms with Gasteiger partial charge in [0.05, 0.1) is 0 Å². The summed E-state index contributed by atoms with van der Waals surface area (Å²) in [5, 5.41) is 2.74. The third-order valence-corrected chi connectivity index (χ3v) is 5.47. The van der Waals surface area contributed by atoms with E-state index in [0.29, 0.717) is 24.6 Å². The molecule has 6 nitrogen and oxygen atoms in total. The molecule has 25 heavy (non-hydrogen) atoms. The van der Waals surface area contributed by atoms with E-state index in [1.54, 1.807) is 24.0 Å². The summed E-state index contributed by atoms with van der Waals surface area (Å²) in [5.41, 5.74) is -0.474. The number of halogens is 1. The number of piperidine rings is 1. The number of hydrogen-bond donors (Lipinski definition) is 1. The smallest absolute Gasteiger partial charge is 0.325 e. The Kier molecular flexibility index (Phi) is 4.86. The molecular weight excluding hydrogens is 386 g/mol. The highest BCUT2D eigenvalue weighted by Gasteiger charge is 2.49. The lowest BCUT2D eigenvalue weighted by atomic mass is 9.92. The quantitative estimate of drug-likeness (QED) is 0.782. The summed E-state index contributed by atoms with van der Waals surface area (Å²) in [7, 11) is 0. The first kappa shape index (κ1) is 17.9. The average molecular weight is 408 g/mol. The van der Waals surface area contributed by atoms with Crippen molar-refractivity contribution in [3.63, 3.8) is 0 Å². The summed E-state index contributed by atoms with van der Waals surface area (Å²) in [6.07, 6.45) is 2.07. The van der Waals surface area contributed by atoms with Crippen molar-refractivity contribution >= 4 is 33.8 Å². The summed E-state index contributed by atoms with van der Waals surface area (Å²) < 4.78 is 0.824. The number of nitrogens with zero attached hydrogens (tertiary/aromatic N) is 2. The van der Waals surface area contributed by atoms with Crippen LogP contribution in [0.1, 0.15) is 32.3 Å². The van der Waals surface area contributed by atoms with Crippen LogP contribution in [0.2, 0.25) is 0 Å². The molecule has 2 atom stereocenters. The van der Waals surface area contributed by atoms with Crippen molar-refractivity contribution < 1.29 is 14.4 Å². The minimum absolute atomic E-state index is 0.173. The number of urea groups is 1. The number of amides is 4. The Morgan fingerprint density at radius 1 is 1.40 bits per heavy atom. The molecule has 0 bridgehead atoms. The highest BCUT2D eigenvalue weighted by Crippen LogP contribution is 2.30. The van der Waals surface area contributed by atoms with Gasteiger partial charge in [-0.15, -0.1) is 0 Å². The van der Waals surface area contributed by atoms with Gasteiger partial charge in [0.2, 0.25) is 5.91 Å². The predicted octanol–water partition coefficient (Wildman–Crippen LogP) is 2.47. The molecule has 0 aliphatic carbocycles. The Balaban J connectivity index is 1.76. The lowest BCUT2D eigenvalue weighted by Crippen LogP contribution is -2.47. The van der Waals surface area contributed by atoms with Crippen molar-refractivity contribution in [2.24, 2.45) is 5.92 Å². The monoisotopic (exact) mass is 407 g/mol. The zero-order valence-corrected chi connectivity index (χ0v) is 16.0. The Morgan fingerprint density at radius 3 is 2.84 bits per heavy atom. The third-order valence-electron chi connectivity index (χ3n) is 4.98. The molecule has 2 aliphatic heterocycles. The summed E-state index contributed by atoms with van der Waals surface area (Å²) in [5.74, 6) is -0.115. The van der Waals surface area contributed by atoms with Gasteiger partial charge in [-0.3, -0.25) is 14.5 Å². The van der Waals surface area contributed by atoms with Gasteiger partial charge in [-0.2, -0.15) is 0 Å². The maximum Gasteiger partial charge on any atom is 0.325 e. The van der Waals surface area contributed by atoms with Crippen molar-refractivity contribution in [3.05, 3.63) is 34.3 Å². The normalized spacial score (nSPS) is 26.8. The molecule has 1 aromatic rings. The lowest BCUT2D eigenvalue weighted by molar-refractivity contribution is -0.139. The van der Waals surface area contributed by atoms with Crippen LogP contribution in [-0.2, 0) is 15.1 Å². The Morgan fingerprint density at radius 2 is 2.16 bits per heavy atom. The fourth-order valence-corrected chi connectivity index (χ4v) is 3.89. The van der Waals surface area contributed by atoms with Crippen LogP contribution in [-0.4, -0.2) is 47.3 Å². The van der Waals surface area contributed by atoms with Gasteiger partial charge >= 0.3 is 6.03 Å². The average Bonchev–Trinajstić information content (AvgIpc) is 2.79. The third kappa shape index (κ3) is 3.42. The zero-order chi connectivity index (χ0) is 18.2. The second-order valence-electron chi connectivity index (χ2n) is 7.04. The van der Waals surface area contributed by atoms with Crippen molar-refractivity contribution in [3.8, 4) is 0 Å². The lowest BCUT2D eigenvalue weighted by Gasteiger charge is -2.31. The van der Waals surface area contributed by atoms with E-state index >= 15 is 0 Å². The molecule has 2 saturated heterocycles. The number of carbonyl (C=O) groups is 3. The molecule has 1 aromatic carbocycles. The van der Waals surface area contributed by atoms with E-state index in [-0.39, 0.29) is 12.5 Å². The van der Waals surface area contributed by atoms with Crippen molar-refractivity contribution in [2.75, 3.05) is 19.6 Å². The molecule has 0 unspecified atom stereocenters. The van der Waals surface area contributed by atoms with Gasteiger partial charge in [0.15, 0.2) is 0 Å². The van der Waals surface area contributed by atoms with Gasteiger partial charge in [-0.1, -0.05) is 35.0 Å². The van der Waals surface area contributed by atoms with Crippen LogP contribution in [0.25, 0.3) is 0 Å². The van der Waals surface area contributed by atoms with Crippen LogP contribution >= 0.6 is 15.9 Å². The number of nitrogens with one attached hydrogen (secondary N) is 1. The van der Waals surface area contributed by atoms with Crippen LogP contribution in [0.4, 0.5) is 4.79 Å². The van der Waals surface area contributed by atoms with Gasteiger partial charge < -0.3 is 10.2 Å². The maximum atomic E-state index is 12.9. The van der Waals surface area contributed by atoms with E-state index in [1.165, 1.54) is 0 Å². The number of imide groups is 1. The summed E-state index contributed by atoms with van der Waals surface area (Å²) >= 11 is 3.38. The topological polar surface area (TPSA) is 69.7 Å². The Bertz CT molecular complexity index is 723. The van der Waals surface area contributed by atoms with E-state index in [4.69, 9.17) is 0 Å². The van der Waals surface area contributed by atoms with Crippen LogP contribution < -0.4 is 5.32 Å². The molecule has 3 rings (SSSR count). The van der Waals surface area contributed by atoms with Gasteiger partial charge in [0.1, 0.15) is 12.1 Å². The molecule has 134 valence electrons. The zero-order valence-electron chi connectivity index (χ0n) is 14.4. The van der Waals surface area contributed by atoms with Gasteiger partial charge in [-0.05, 0) is 43.4 Å². The number of carbonyl (C=O) groups excluding carboxylic acids is 3. The molecule has 2 heterocycles. The van der Waals surface area contributed by atoms with E-state index in [2.05, 4.69) is 28.2 Å². The molecular formula is C18H22BrN3O3. The predicted molar refractivity (Wildman–Crippen MR) is 96.7 cm³/mol. The molecule has 7 heteroatoms. The largest absolute Gasteiger partial charge is 0.341 e. The summed E-state index contributed by atoms with van der Waals surface area (Å²) in [6.45, 7) is 4.95. The highest BCUT2D eigenvalue weighted by molar-refractivity contribution is 9.10. The van der Waals surface area contributed by atoms with E-state index in [0.717, 1.165) is 22.2 Å². The standard InChI is InChI=1S/C18H22BrN3O3/c1-12-5-4-8-21(10-12)15(23)11-22-16(24)18(2,20-17(22)25)13-6-3-7-14(19)9-13/h3,6-7,9,12H,4-5,8,10-11H2,1-2H3,(H,20,25)/t12-,18-/m1/s1. The van der Waals surface area contributed by atoms with E-state index in [9.17, 15) is 14.4 Å². The molecule has 0 spiro atoms. The van der Waals surface area contributed by atoms with Crippen molar-refractivity contribution in [1.29, 1.82) is 0 Å². The molecule has 0 aromatic heterocycles. The van der Waals surface area contributed by atoms with Crippen LogP contribution in [0.15, 0.2) is 28.7 Å². The van der Waals surface area contributed by atoms with Crippen molar-refractivity contribution in [2.45, 2.75) is 32.2 Å². The first-order chi connectivity index (χ1) is 11.8. The SMILES string of the molecule is C[C@@H]1CCCN(C(=O)CN2C(=O)N[C@](C)(c3cccc(Br)c3)C2=O)C1. The molecule has 2 aliphatic rings. The minimum atomic E-state index is -1.16. The first-order valence-corrected chi connectivity index (χ1v) is 9.28. The van der Waals surface area contributed by atoms with Gasteiger partial charge in [0.25, 0.3) is 5.91 Å². The Labute approximate surface area is 155 Å². The first-order valence-electron chi connectivity index (χ1n) is 8.49. The Hall–Kier alpha value is -1.89. The molecule has 2 fully saturated rings. The maximum absolute atomic E-state index is 12.9. The number of hydrogen-bond acceptors (Lipinski definition) is 3. The molecule has 0 saturated carbocycles. The van der Waals surface area contributed by atoms with Crippen LogP contribution in [0, 0.1) is 5.92 Å². The second kappa shape index (κ2) is 6.78. The number of likely N-dealkylation sites (tertiary alicyclic amines) is 1. The fourth-order valence-electron chi connectivity index (χ4n) is 3.49. The van der Waals surface area contributed by atoms with E-state index in [1.807, 2.05) is 12.1 Å². The number of benzene rings is 1. The van der Waals surface area contributed by atoms with Gasteiger partial charge in [0, 0.05) is 17.6 Å². The molecule has 0 radical (unpaired) electrons. The second-order valence-corrected chi connectivity index (χ2v) is 7.96. The number of rotatable bonds is 3. The minimum Gasteiger partial charge on any atom is -0.341 e. The highest BCUT2D eigenvalue weighted by atomic mass is 79.9. The van der Waals surface area contributed by atoms with Crippen LogP contribution in [0.5, 0.6) is 0 Å². The summed E-state index contributed by atoms with van der Waals surface area (Å²) in [6, 6.07) is 6.74. The molecule has 4 amide bonds. The van der Waals surface area contributed by atoms with Gasteiger partial charge in [-0.25, -0.2) is 4.79 Å². The van der Waals surface area contributed by atoms with Crippen LogP contribution in [0.3, 0.4) is 0 Å². The fraction of sp³-hybridized carbons (Fsp3) is 0.500. The summed E-state index contributed by atoms with van der Waals surface area (Å²) in [4.78, 5) is 40.6. The van der Waals surface area contributed by atoms with Crippen molar-refractivity contribution in [1.82, 2.24) is 15.1 Å².